The van der Waals surface area contributed by atoms with Crippen molar-refractivity contribution in [3.8, 4) is 5.75 Å². The number of phenols is 1. The van der Waals surface area contributed by atoms with Crippen LogP contribution >= 0.6 is 0 Å². The van der Waals surface area contributed by atoms with Gasteiger partial charge < -0.3 is 10.4 Å². The number of rotatable bonds is 5. The number of carbonyl (C=O) groups excluding carboxylic acids is 1. The van der Waals surface area contributed by atoms with Crippen molar-refractivity contribution in [1.29, 1.82) is 0 Å². The molecule has 0 aliphatic rings. The lowest BCUT2D eigenvalue weighted by Crippen LogP contribution is -2.08. The average Bonchev–Trinajstić information content (AvgIpc) is 2.72. The molecule has 1 amide bonds. The van der Waals surface area contributed by atoms with E-state index >= 15 is 0 Å². The molecule has 0 unspecified atom stereocenters. The van der Waals surface area contributed by atoms with Gasteiger partial charge in [-0.15, -0.1) is 17.7 Å². The van der Waals surface area contributed by atoms with Crippen molar-refractivity contribution in [2.45, 2.75) is 4.90 Å². The molecule has 11 nitrogen and oxygen atoms in total. The van der Waals surface area contributed by atoms with Gasteiger partial charge >= 0.3 is 10.6 Å². The normalized spacial score (nSPS) is 10.9. The van der Waals surface area contributed by atoms with Gasteiger partial charge in [0.25, 0.3) is 10.1 Å². The Kier molecular flexibility index (Phi) is 7.90. The molecule has 0 spiro atoms. The lowest BCUT2D eigenvalue weighted by Gasteiger charge is -2.12. The SMILES string of the molecule is C=CC(=O)Nc1cccc2cc(S(=O)(=O)O)c(N=Nc3ccccc3)c(O)c12.O=S(=O)=O. The topological polar surface area (TPSA) is 180 Å². The Balaban J connectivity index is 0.000000837. The molecule has 0 heterocycles. The third kappa shape index (κ3) is 6.28. The molecule has 3 rings (SSSR count). The Hall–Kier alpha value is -3.94. The lowest BCUT2D eigenvalue weighted by atomic mass is 10.1. The van der Waals surface area contributed by atoms with Crippen molar-refractivity contribution in [3.05, 3.63) is 67.3 Å². The number of carbonyl (C=O) groups is 1. The smallest absolute Gasteiger partial charge is 0.425 e. The fourth-order valence-electron chi connectivity index (χ4n) is 2.58. The van der Waals surface area contributed by atoms with Crippen LogP contribution in [0.3, 0.4) is 0 Å². The van der Waals surface area contributed by atoms with Gasteiger partial charge in [0.2, 0.25) is 5.91 Å². The molecular weight excluding hydrogens is 462 g/mol. The summed E-state index contributed by atoms with van der Waals surface area (Å²) in [5, 5.41) is 21.4. The molecule has 3 aromatic rings. The third-order valence-corrected chi connectivity index (χ3v) is 4.69. The van der Waals surface area contributed by atoms with Gasteiger partial charge in [-0.25, -0.2) is 0 Å². The fraction of sp³-hybridized carbons (Fsp3) is 0. The predicted molar refractivity (Wildman–Crippen MR) is 115 cm³/mol. The second-order valence-electron chi connectivity index (χ2n) is 5.88. The van der Waals surface area contributed by atoms with Crippen LogP contribution in [-0.2, 0) is 25.5 Å². The number of hydrogen-bond acceptors (Lipinski definition) is 9. The molecule has 32 heavy (non-hydrogen) atoms. The molecule has 3 aromatic carbocycles. The van der Waals surface area contributed by atoms with Crippen molar-refractivity contribution >= 4 is 54.5 Å². The van der Waals surface area contributed by atoms with E-state index in [1.54, 1.807) is 36.4 Å². The summed E-state index contributed by atoms with van der Waals surface area (Å²) in [4.78, 5) is 11.1. The van der Waals surface area contributed by atoms with E-state index in [0.29, 0.717) is 5.69 Å². The summed E-state index contributed by atoms with van der Waals surface area (Å²) < 4.78 is 58.6. The Bertz CT molecular complexity index is 1410. The van der Waals surface area contributed by atoms with E-state index in [9.17, 15) is 22.9 Å². The summed E-state index contributed by atoms with van der Waals surface area (Å²) in [7, 11) is -7.82. The molecule has 0 fully saturated rings. The minimum Gasteiger partial charge on any atom is -0.505 e. The van der Waals surface area contributed by atoms with Crippen molar-refractivity contribution in [1.82, 2.24) is 0 Å². The van der Waals surface area contributed by atoms with Gasteiger partial charge in [-0.2, -0.15) is 13.5 Å². The molecular formula is C19H15N3O8S2. The van der Waals surface area contributed by atoms with E-state index < -0.39 is 43.0 Å². The standard InChI is InChI=1S/C19H15N3O5S.O3S/c1-2-16(23)20-14-10-6-7-12-11-15(28(25,26)27)18(19(24)17(12)14)22-21-13-8-4-3-5-9-13;1-4(2)3/h2-11,24H,1H2,(H,20,23)(H,25,26,27);. The number of hydrogen-bond donors (Lipinski definition) is 3. The molecule has 3 N–H and O–H groups in total. The average molecular weight is 477 g/mol. The zero-order valence-corrected chi connectivity index (χ0v) is 17.7. The Morgan fingerprint density at radius 1 is 1.03 bits per heavy atom. The second-order valence-corrected chi connectivity index (χ2v) is 7.68. The summed E-state index contributed by atoms with van der Waals surface area (Å²) in [6.07, 6.45) is 1.05. The first-order chi connectivity index (χ1) is 15.0. The summed E-state index contributed by atoms with van der Waals surface area (Å²) in [5.74, 6) is -1.07. The number of phenolic OH excluding ortho intramolecular Hbond substituents is 1. The molecule has 166 valence electrons. The van der Waals surface area contributed by atoms with Gasteiger partial charge in [-0.1, -0.05) is 36.9 Å². The maximum Gasteiger partial charge on any atom is 0.425 e. The summed E-state index contributed by atoms with van der Waals surface area (Å²) in [6.45, 7) is 3.37. The van der Waals surface area contributed by atoms with E-state index in [2.05, 4.69) is 22.1 Å². The zero-order valence-electron chi connectivity index (χ0n) is 16.0. The minimum absolute atomic E-state index is 0.145. The number of benzene rings is 3. The van der Waals surface area contributed by atoms with Gasteiger partial charge in [0.15, 0.2) is 5.75 Å². The predicted octanol–water partition coefficient (Wildman–Crippen LogP) is 3.33. The number of nitrogens with one attached hydrogen (secondary N) is 1. The van der Waals surface area contributed by atoms with Crippen LogP contribution in [-0.4, -0.2) is 36.6 Å². The highest BCUT2D eigenvalue weighted by atomic mass is 32.2. The van der Waals surface area contributed by atoms with E-state index in [0.717, 1.165) is 12.1 Å². The van der Waals surface area contributed by atoms with Crippen LogP contribution < -0.4 is 5.32 Å². The Labute approximate surface area is 183 Å². The van der Waals surface area contributed by atoms with Gasteiger partial charge in [-0.05, 0) is 35.7 Å². The maximum absolute atomic E-state index is 11.8. The van der Waals surface area contributed by atoms with Crippen LogP contribution in [0.4, 0.5) is 17.1 Å². The fourth-order valence-corrected chi connectivity index (χ4v) is 3.24. The molecule has 0 aromatic heterocycles. The van der Waals surface area contributed by atoms with Crippen molar-refractivity contribution in [2.24, 2.45) is 10.2 Å². The summed E-state index contributed by atoms with van der Waals surface area (Å²) in [6, 6.07) is 14.2. The van der Waals surface area contributed by atoms with E-state index in [1.807, 2.05) is 0 Å². The highest BCUT2D eigenvalue weighted by molar-refractivity contribution is 7.86. The first-order valence-electron chi connectivity index (χ1n) is 8.47. The van der Waals surface area contributed by atoms with E-state index in [4.69, 9.17) is 12.6 Å². The monoisotopic (exact) mass is 477 g/mol. The molecule has 0 radical (unpaired) electrons. The molecule has 0 saturated carbocycles. The Morgan fingerprint density at radius 2 is 1.66 bits per heavy atom. The quantitative estimate of drug-likeness (QED) is 0.284. The summed E-state index contributed by atoms with van der Waals surface area (Å²) in [5.41, 5.74) is 0.189. The largest absolute Gasteiger partial charge is 0.505 e. The number of aromatic hydroxyl groups is 1. The molecule has 0 aliphatic heterocycles. The number of amides is 1. The van der Waals surface area contributed by atoms with Crippen LogP contribution in [0.25, 0.3) is 10.8 Å². The lowest BCUT2D eigenvalue weighted by molar-refractivity contribution is -0.111. The zero-order chi connectivity index (χ0) is 23.9. The van der Waals surface area contributed by atoms with Gasteiger partial charge in [0.1, 0.15) is 10.6 Å². The van der Waals surface area contributed by atoms with Crippen LogP contribution in [0.1, 0.15) is 0 Å². The van der Waals surface area contributed by atoms with Crippen LogP contribution in [0.15, 0.2) is 82.4 Å². The number of nitrogens with zero attached hydrogens (tertiary/aromatic N) is 2. The van der Waals surface area contributed by atoms with Crippen LogP contribution in [0, 0.1) is 0 Å². The maximum atomic E-state index is 11.8. The third-order valence-electron chi connectivity index (χ3n) is 3.82. The molecule has 0 bridgehead atoms. The van der Waals surface area contributed by atoms with Crippen molar-refractivity contribution in [3.63, 3.8) is 0 Å². The first kappa shape index (κ1) is 24.3. The van der Waals surface area contributed by atoms with Crippen LogP contribution in [0.2, 0.25) is 0 Å². The number of azo groups is 1. The van der Waals surface area contributed by atoms with E-state index in [-0.39, 0.29) is 16.5 Å². The molecule has 13 heteroatoms. The van der Waals surface area contributed by atoms with Crippen molar-refractivity contribution in [2.75, 3.05) is 5.32 Å². The molecule has 0 aliphatic carbocycles. The van der Waals surface area contributed by atoms with Gasteiger partial charge in [0, 0.05) is 5.39 Å². The minimum atomic E-state index is -4.71. The van der Waals surface area contributed by atoms with E-state index in [1.165, 1.54) is 12.1 Å². The highest BCUT2D eigenvalue weighted by Crippen LogP contribution is 2.44. The van der Waals surface area contributed by atoms with Crippen LogP contribution in [0.5, 0.6) is 5.75 Å². The van der Waals surface area contributed by atoms with Gasteiger partial charge in [0.05, 0.1) is 11.4 Å². The molecule has 0 saturated heterocycles. The molecule has 0 atom stereocenters. The first-order valence-corrected chi connectivity index (χ1v) is 10.9. The second kappa shape index (κ2) is 10.4. The number of fused-ring (bicyclic) bond motifs is 1. The van der Waals surface area contributed by atoms with Gasteiger partial charge in [-0.3, -0.25) is 9.35 Å². The highest BCUT2D eigenvalue weighted by Gasteiger charge is 2.23. The Morgan fingerprint density at radius 3 is 2.22 bits per heavy atom. The number of anilines is 1. The summed E-state index contributed by atoms with van der Waals surface area (Å²) >= 11 is 0. The van der Waals surface area contributed by atoms with Crippen molar-refractivity contribution < 1.29 is 35.5 Å².